The second kappa shape index (κ2) is 5.80. The van der Waals surface area contributed by atoms with E-state index in [2.05, 4.69) is 5.32 Å². The molecule has 3 N–H and O–H groups in total. The van der Waals surface area contributed by atoms with Crippen LogP contribution in [0.2, 0.25) is 0 Å². The monoisotopic (exact) mass is 300 g/mol. The number of carbonyl (C=O) groups excluding carboxylic acids is 1. The van der Waals surface area contributed by atoms with Crippen LogP contribution in [-0.2, 0) is 14.8 Å². The number of carbonyl (C=O) groups is 1. The number of aryl methyl sites for hydroxylation is 1. The highest BCUT2D eigenvalue weighted by Crippen LogP contribution is 2.21. The summed E-state index contributed by atoms with van der Waals surface area (Å²) in [5.74, 6) is 0.203. The third kappa shape index (κ3) is 5.18. The van der Waals surface area contributed by atoms with Crippen molar-refractivity contribution in [1.82, 2.24) is 5.32 Å². The van der Waals surface area contributed by atoms with Crippen molar-refractivity contribution in [2.24, 2.45) is 5.14 Å². The van der Waals surface area contributed by atoms with Crippen molar-refractivity contribution in [2.75, 3.05) is 6.61 Å². The smallest absolute Gasteiger partial charge is 0.258 e. The first-order valence-electron chi connectivity index (χ1n) is 6.06. The third-order valence-corrected chi connectivity index (χ3v) is 3.26. The Bertz CT molecular complexity index is 603. The number of benzene rings is 1. The average Bonchev–Trinajstić information content (AvgIpc) is 2.23. The summed E-state index contributed by atoms with van der Waals surface area (Å²) in [6.45, 7) is 7.17. The van der Waals surface area contributed by atoms with Gasteiger partial charge in [0.05, 0.1) is 4.90 Å². The number of nitrogens with one attached hydrogen (secondary N) is 1. The maximum absolute atomic E-state index is 11.6. The summed E-state index contributed by atoms with van der Waals surface area (Å²) in [5, 5.41) is 7.80. The molecule has 0 unspecified atom stereocenters. The number of primary sulfonamides is 1. The molecule has 0 spiro atoms. The lowest BCUT2D eigenvalue weighted by atomic mass is 10.1. The van der Waals surface area contributed by atoms with Gasteiger partial charge >= 0.3 is 0 Å². The first kappa shape index (κ1) is 16.5. The molecule has 0 heterocycles. The zero-order chi connectivity index (χ0) is 15.6. The van der Waals surface area contributed by atoms with Crippen LogP contribution in [0.4, 0.5) is 0 Å². The van der Waals surface area contributed by atoms with Crippen LogP contribution in [-0.4, -0.2) is 26.5 Å². The van der Waals surface area contributed by atoms with E-state index in [0.717, 1.165) is 0 Å². The minimum Gasteiger partial charge on any atom is -0.484 e. The zero-order valence-electron chi connectivity index (χ0n) is 12.1. The number of hydrogen-bond donors (Lipinski definition) is 2. The normalized spacial score (nSPS) is 12.1. The molecule has 0 fully saturated rings. The lowest BCUT2D eigenvalue weighted by Gasteiger charge is -2.20. The highest BCUT2D eigenvalue weighted by molar-refractivity contribution is 7.89. The van der Waals surface area contributed by atoms with Crippen molar-refractivity contribution in [3.05, 3.63) is 23.8 Å². The van der Waals surface area contributed by atoms with Gasteiger partial charge in [-0.05, 0) is 51.5 Å². The van der Waals surface area contributed by atoms with E-state index in [-0.39, 0.29) is 22.9 Å². The summed E-state index contributed by atoms with van der Waals surface area (Å²) in [6, 6.07) is 4.24. The second-order valence-electron chi connectivity index (χ2n) is 5.56. The molecule has 0 bridgehead atoms. The van der Waals surface area contributed by atoms with Crippen LogP contribution in [0.25, 0.3) is 0 Å². The molecule has 0 aromatic heterocycles. The van der Waals surface area contributed by atoms with Crippen molar-refractivity contribution in [3.63, 3.8) is 0 Å². The van der Waals surface area contributed by atoms with Gasteiger partial charge in [-0.1, -0.05) is 0 Å². The fraction of sp³-hybridized carbons (Fsp3) is 0.462. The van der Waals surface area contributed by atoms with Crippen LogP contribution < -0.4 is 15.2 Å². The summed E-state index contributed by atoms with van der Waals surface area (Å²) >= 11 is 0. The molecule has 7 heteroatoms. The number of rotatable bonds is 4. The van der Waals surface area contributed by atoms with Crippen molar-refractivity contribution in [2.45, 2.75) is 38.1 Å². The van der Waals surface area contributed by atoms with Crippen LogP contribution in [0.5, 0.6) is 5.75 Å². The molecule has 1 aromatic rings. The van der Waals surface area contributed by atoms with Gasteiger partial charge in [0.1, 0.15) is 5.75 Å². The molecular formula is C13H20N2O4S. The number of hydrogen-bond acceptors (Lipinski definition) is 4. The SMILES string of the molecule is Cc1cc(S(N)(=O)=O)ccc1OCC(=O)NC(C)(C)C. The van der Waals surface area contributed by atoms with E-state index < -0.39 is 10.0 Å². The molecule has 1 aromatic carbocycles. The summed E-state index contributed by atoms with van der Waals surface area (Å²) in [5.41, 5.74) is 0.271. The van der Waals surface area contributed by atoms with Crippen LogP contribution in [0.3, 0.4) is 0 Å². The molecule has 1 amide bonds. The second-order valence-corrected chi connectivity index (χ2v) is 7.12. The molecule has 0 atom stereocenters. The third-order valence-electron chi connectivity index (χ3n) is 2.35. The Morgan fingerprint density at radius 3 is 2.40 bits per heavy atom. The van der Waals surface area contributed by atoms with Gasteiger partial charge in [-0.2, -0.15) is 0 Å². The molecule has 0 saturated carbocycles. The molecular weight excluding hydrogens is 280 g/mol. The van der Waals surface area contributed by atoms with Crippen molar-refractivity contribution < 1.29 is 17.9 Å². The van der Waals surface area contributed by atoms with E-state index in [9.17, 15) is 13.2 Å². The Morgan fingerprint density at radius 2 is 1.95 bits per heavy atom. The van der Waals surface area contributed by atoms with Gasteiger partial charge in [0.15, 0.2) is 6.61 Å². The standard InChI is InChI=1S/C13H20N2O4S/c1-9-7-10(20(14,17)18)5-6-11(9)19-8-12(16)15-13(2,3)4/h5-7H,8H2,1-4H3,(H,15,16)(H2,14,17,18). The summed E-state index contributed by atoms with van der Waals surface area (Å²) in [6.07, 6.45) is 0. The van der Waals surface area contributed by atoms with Crippen molar-refractivity contribution in [3.8, 4) is 5.75 Å². The van der Waals surface area contributed by atoms with Gasteiger partial charge in [-0.15, -0.1) is 0 Å². The topological polar surface area (TPSA) is 98.5 Å². The van der Waals surface area contributed by atoms with Crippen LogP contribution in [0.15, 0.2) is 23.1 Å². The molecule has 0 aliphatic heterocycles. The molecule has 112 valence electrons. The van der Waals surface area contributed by atoms with Gasteiger partial charge in [0.2, 0.25) is 10.0 Å². The fourth-order valence-electron chi connectivity index (χ4n) is 1.56. The van der Waals surface area contributed by atoms with E-state index in [4.69, 9.17) is 9.88 Å². The van der Waals surface area contributed by atoms with Crippen molar-refractivity contribution in [1.29, 1.82) is 0 Å². The van der Waals surface area contributed by atoms with E-state index in [1.807, 2.05) is 20.8 Å². The van der Waals surface area contributed by atoms with Gasteiger partial charge < -0.3 is 10.1 Å². The maximum atomic E-state index is 11.6. The Kier molecular flexibility index (Phi) is 4.77. The minimum absolute atomic E-state index is 0.0153. The Balaban J connectivity index is 2.73. The molecule has 6 nitrogen and oxygen atoms in total. The molecule has 0 saturated heterocycles. The predicted molar refractivity (Wildman–Crippen MR) is 75.9 cm³/mol. The first-order valence-corrected chi connectivity index (χ1v) is 7.61. The van der Waals surface area contributed by atoms with E-state index in [1.54, 1.807) is 6.92 Å². The van der Waals surface area contributed by atoms with E-state index >= 15 is 0 Å². The summed E-state index contributed by atoms with van der Waals surface area (Å²) < 4.78 is 27.7. The lowest BCUT2D eigenvalue weighted by Crippen LogP contribution is -2.43. The molecule has 0 aliphatic rings. The molecule has 1 rings (SSSR count). The number of amides is 1. The number of sulfonamides is 1. The lowest BCUT2D eigenvalue weighted by molar-refractivity contribution is -0.124. The number of ether oxygens (including phenoxy) is 1. The van der Waals surface area contributed by atoms with Crippen molar-refractivity contribution >= 4 is 15.9 Å². The fourth-order valence-corrected chi connectivity index (χ4v) is 2.16. The van der Waals surface area contributed by atoms with Crippen LogP contribution >= 0.6 is 0 Å². The van der Waals surface area contributed by atoms with Gasteiger partial charge in [0.25, 0.3) is 5.91 Å². The van der Waals surface area contributed by atoms with Gasteiger partial charge in [-0.3, -0.25) is 4.79 Å². The highest BCUT2D eigenvalue weighted by atomic mass is 32.2. The molecule has 0 aliphatic carbocycles. The minimum atomic E-state index is -3.73. The molecule has 0 radical (unpaired) electrons. The van der Waals surface area contributed by atoms with Crippen LogP contribution in [0.1, 0.15) is 26.3 Å². The van der Waals surface area contributed by atoms with Gasteiger partial charge in [-0.25, -0.2) is 13.6 Å². The maximum Gasteiger partial charge on any atom is 0.258 e. The number of nitrogens with two attached hydrogens (primary N) is 1. The summed E-state index contributed by atoms with van der Waals surface area (Å²) in [7, 11) is -3.73. The van der Waals surface area contributed by atoms with E-state index in [0.29, 0.717) is 11.3 Å². The Morgan fingerprint density at radius 1 is 1.35 bits per heavy atom. The highest BCUT2D eigenvalue weighted by Gasteiger charge is 2.15. The van der Waals surface area contributed by atoms with E-state index in [1.165, 1.54) is 18.2 Å². The predicted octanol–water partition coefficient (Wildman–Crippen LogP) is 0.936. The largest absolute Gasteiger partial charge is 0.484 e. The summed E-state index contributed by atoms with van der Waals surface area (Å²) in [4.78, 5) is 11.6. The average molecular weight is 300 g/mol. The quantitative estimate of drug-likeness (QED) is 0.864. The van der Waals surface area contributed by atoms with Crippen LogP contribution in [0, 0.1) is 6.92 Å². The Hall–Kier alpha value is -1.60. The first-order chi connectivity index (χ1) is 8.99. The zero-order valence-corrected chi connectivity index (χ0v) is 12.9. The molecule has 20 heavy (non-hydrogen) atoms. The Labute approximate surface area is 119 Å². The van der Waals surface area contributed by atoms with Gasteiger partial charge in [0, 0.05) is 5.54 Å².